The third-order valence-corrected chi connectivity index (χ3v) is 11.1. The molecule has 5 heteroatoms. The molecular formula is C50H93NO4. The summed E-state index contributed by atoms with van der Waals surface area (Å²) in [6.07, 6.45) is 49.0. The summed E-state index contributed by atoms with van der Waals surface area (Å²) < 4.78 is 6.04. The summed E-state index contributed by atoms with van der Waals surface area (Å²) in [6.45, 7) is 7.65. The molecule has 0 aliphatic rings. The standard InChI is InChI=1S/C50H93NO4/c1-6-9-12-15-17-19-20-21-22-23-24-25-26-28-30-35-41-47(55-49(52)44-38-45-51(4)5)42-36-31-32-37-43-48(50(53)54)46(39-33-14-11-8-3)40-34-29-27-18-16-13-10-7-2/h17,19,21-22,47H,6-16,18,20,23-45H2,1-5H3,(H,53,54)/b19-17-,22-21-,48-46+. The van der Waals surface area contributed by atoms with Gasteiger partial charge in [-0.25, -0.2) is 4.79 Å². The van der Waals surface area contributed by atoms with E-state index in [1.807, 2.05) is 14.1 Å². The Morgan fingerprint density at radius 1 is 0.509 bits per heavy atom. The number of aliphatic carboxylic acids is 1. The summed E-state index contributed by atoms with van der Waals surface area (Å²) >= 11 is 0. The van der Waals surface area contributed by atoms with E-state index in [9.17, 15) is 14.7 Å². The average molecular weight is 772 g/mol. The van der Waals surface area contributed by atoms with Crippen molar-refractivity contribution in [2.75, 3.05) is 20.6 Å². The minimum absolute atomic E-state index is 0.00790. The molecule has 0 bridgehead atoms. The van der Waals surface area contributed by atoms with E-state index in [1.165, 1.54) is 134 Å². The lowest BCUT2D eigenvalue weighted by Gasteiger charge is -2.19. The molecule has 55 heavy (non-hydrogen) atoms. The van der Waals surface area contributed by atoms with Crippen molar-refractivity contribution in [2.45, 2.75) is 252 Å². The summed E-state index contributed by atoms with van der Waals surface area (Å²) in [5.74, 6) is -0.745. The number of carboxylic acid groups (broad SMARTS) is 1. The number of carboxylic acids is 1. The minimum atomic E-state index is -0.695. The minimum Gasteiger partial charge on any atom is -0.478 e. The largest absolute Gasteiger partial charge is 0.478 e. The SMILES string of the molecule is CCCCC/C=C\C/C=C\CCCCCCCCC(CCCCCC/C(C(=O)O)=C(/CCCCCC)CCCCCCCCCC)OC(=O)CCCN(C)C. The van der Waals surface area contributed by atoms with Gasteiger partial charge < -0.3 is 14.7 Å². The zero-order chi connectivity index (χ0) is 40.5. The first-order valence-corrected chi connectivity index (χ1v) is 23.9. The summed E-state index contributed by atoms with van der Waals surface area (Å²) in [5.41, 5.74) is 1.94. The van der Waals surface area contributed by atoms with Crippen LogP contribution in [0.4, 0.5) is 0 Å². The van der Waals surface area contributed by atoms with Gasteiger partial charge in [0.05, 0.1) is 0 Å². The first kappa shape index (κ1) is 53.1. The molecule has 0 rings (SSSR count). The van der Waals surface area contributed by atoms with Crippen molar-refractivity contribution in [2.24, 2.45) is 0 Å². The van der Waals surface area contributed by atoms with Crippen LogP contribution in [0.5, 0.6) is 0 Å². The van der Waals surface area contributed by atoms with E-state index in [-0.39, 0.29) is 12.1 Å². The van der Waals surface area contributed by atoms with Crippen molar-refractivity contribution in [1.29, 1.82) is 0 Å². The van der Waals surface area contributed by atoms with E-state index in [4.69, 9.17) is 4.74 Å². The fourth-order valence-corrected chi connectivity index (χ4v) is 7.53. The Morgan fingerprint density at radius 2 is 0.927 bits per heavy atom. The molecule has 0 aliphatic carbocycles. The van der Waals surface area contributed by atoms with Crippen LogP contribution in [-0.4, -0.2) is 48.7 Å². The second-order valence-corrected chi connectivity index (χ2v) is 16.8. The van der Waals surface area contributed by atoms with Gasteiger partial charge in [0, 0.05) is 12.0 Å². The predicted molar refractivity (Wildman–Crippen MR) is 240 cm³/mol. The molecular weight excluding hydrogens is 679 g/mol. The Kier molecular flexibility index (Phi) is 40.3. The molecule has 0 aromatic carbocycles. The van der Waals surface area contributed by atoms with Gasteiger partial charge in [-0.1, -0.05) is 166 Å². The zero-order valence-electron chi connectivity index (χ0n) is 37.5. The number of unbranched alkanes of at least 4 members (excludes halogenated alkanes) is 22. The van der Waals surface area contributed by atoms with Crippen LogP contribution in [0.25, 0.3) is 0 Å². The molecule has 0 fully saturated rings. The highest BCUT2D eigenvalue weighted by atomic mass is 16.5. The number of nitrogens with zero attached hydrogens (tertiary/aromatic N) is 1. The van der Waals surface area contributed by atoms with Gasteiger partial charge in [0.15, 0.2) is 0 Å². The summed E-state index contributed by atoms with van der Waals surface area (Å²) in [6, 6.07) is 0. The maximum Gasteiger partial charge on any atom is 0.331 e. The molecule has 322 valence electrons. The van der Waals surface area contributed by atoms with Gasteiger partial charge in [-0.05, 0) is 123 Å². The topological polar surface area (TPSA) is 66.8 Å². The van der Waals surface area contributed by atoms with Crippen LogP contribution in [0.3, 0.4) is 0 Å². The lowest BCUT2D eigenvalue weighted by atomic mass is 9.92. The summed E-state index contributed by atoms with van der Waals surface area (Å²) in [7, 11) is 4.08. The number of allylic oxidation sites excluding steroid dienone is 5. The third-order valence-electron chi connectivity index (χ3n) is 11.1. The quantitative estimate of drug-likeness (QED) is 0.0290. The first-order valence-electron chi connectivity index (χ1n) is 23.9. The zero-order valence-corrected chi connectivity index (χ0v) is 37.5. The highest BCUT2D eigenvalue weighted by molar-refractivity contribution is 5.87. The van der Waals surface area contributed by atoms with Gasteiger partial charge in [-0.15, -0.1) is 0 Å². The molecule has 5 nitrogen and oxygen atoms in total. The van der Waals surface area contributed by atoms with E-state index in [0.29, 0.717) is 18.4 Å². The molecule has 0 aromatic rings. The van der Waals surface area contributed by atoms with Crippen LogP contribution in [0.15, 0.2) is 35.5 Å². The first-order chi connectivity index (χ1) is 26.8. The Hall–Kier alpha value is -1.88. The fraction of sp³-hybridized carbons (Fsp3) is 0.840. The number of hydrogen-bond acceptors (Lipinski definition) is 4. The summed E-state index contributed by atoms with van der Waals surface area (Å²) in [4.78, 5) is 27.3. The highest BCUT2D eigenvalue weighted by Crippen LogP contribution is 2.26. The van der Waals surface area contributed by atoms with Gasteiger partial charge in [-0.2, -0.15) is 0 Å². The number of hydrogen-bond donors (Lipinski definition) is 1. The van der Waals surface area contributed by atoms with E-state index >= 15 is 0 Å². The van der Waals surface area contributed by atoms with Gasteiger partial charge in [-0.3, -0.25) is 4.79 Å². The molecule has 0 amide bonds. The molecule has 0 saturated heterocycles. The van der Waals surface area contributed by atoms with Crippen LogP contribution in [0, 0.1) is 0 Å². The molecule has 0 saturated carbocycles. The molecule has 1 atom stereocenters. The lowest BCUT2D eigenvalue weighted by Crippen LogP contribution is -2.20. The molecule has 1 unspecified atom stereocenters. The van der Waals surface area contributed by atoms with Crippen molar-refractivity contribution >= 4 is 11.9 Å². The number of carbonyl (C=O) groups is 2. The lowest BCUT2D eigenvalue weighted by molar-refractivity contribution is -0.150. The maximum atomic E-state index is 12.7. The fourth-order valence-electron chi connectivity index (χ4n) is 7.53. The van der Waals surface area contributed by atoms with E-state index < -0.39 is 5.97 Å². The Morgan fingerprint density at radius 3 is 1.44 bits per heavy atom. The van der Waals surface area contributed by atoms with E-state index in [0.717, 1.165) is 90.0 Å². The van der Waals surface area contributed by atoms with Crippen LogP contribution in [0.1, 0.15) is 245 Å². The van der Waals surface area contributed by atoms with Crippen LogP contribution in [-0.2, 0) is 14.3 Å². The second kappa shape index (κ2) is 41.7. The van der Waals surface area contributed by atoms with Crippen molar-refractivity contribution < 1.29 is 19.4 Å². The second-order valence-electron chi connectivity index (χ2n) is 16.8. The van der Waals surface area contributed by atoms with Crippen molar-refractivity contribution in [3.8, 4) is 0 Å². The smallest absolute Gasteiger partial charge is 0.331 e. The number of carbonyl (C=O) groups excluding carboxylic acids is 1. The average Bonchev–Trinajstić information content (AvgIpc) is 3.16. The van der Waals surface area contributed by atoms with E-state index in [2.05, 4.69) is 50.0 Å². The van der Waals surface area contributed by atoms with Crippen LogP contribution < -0.4 is 0 Å². The van der Waals surface area contributed by atoms with Crippen molar-refractivity contribution in [3.05, 3.63) is 35.5 Å². The van der Waals surface area contributed by atoms with Gasteiger partial charge in [0.1, 0.15) is 6.10 Å². The van der Waals surface area contributed by atoms with Gasteiger partial charge in [0.25, 0.3) is 0 Å². The Balaban J connectivity index is 4.72. The number of esters is 1. The van der Waals surface area contributed by atoms with Crippen LogP contribution in [0.2, 0.25) is 0 Å². The predicted octanol–water partition coefficient (Wildman–Crippen LogP) is 15.7. The number of rotatable bonds is 42. The molecule has 1 N–H and O–H groups in total. The van der Waals surface area contributed by atoms with Crippen molar-refractivity contribution in [1.82, 2.24) is 4.90 Å². The van der Waals surface area contributed by atoms with E-state index in [1.54, 1.807) is 0 Å². The Labute approximate surface area is 343 Å². The monoisotopic (exact) mass is 772 g/mol. The number of ether oxygens (including phenoxy) is 1. The maximum absolute atomic E-state index is 12.7. The molecule has 0 spiro atoms. The third kappa shape index (κ3) is 37.5. The van der Waals surface area contributed by atoms with Crippen LogP contribution >= 0.6 is 0 Å². The Bertz CT molecular complexity index is 951. The van der Waals surface area contributed by atoms with Gasteiger partial charge in [0.2, 0.25) is 0 Å². The molecule has 0 aliphatic heterocycles. The molecule has 0 radical (unpaired) electrons. The van der Waals surface area contributed by atoms with Gasteiger partial charge >= 0.3 is 11.9 Å². The summed E-state index contributed by atoms with van der Waals surface area (Å²) in [5, 5.41) is 10.2. The highest BCUT2D eigenvalue weighted by Gasteiger charge is 2.16. The van der Waals surface area contributed by atoms with Crippen molar-refractivity contribution in [3.63, 3.8) is 0 Å². The molecule has 0 heterocycles. The molecule has 0 aromatic heterocycles. The normalized spacial score (nSPS) is 13.0.